The van der Waals surface area contributed by atoms with E-state index in [1.807, 2.05) is 19.1 Å². The summed E-state index contributed by atoms with van der Waals surface area (Å²) in [4.78, 5) is 16.5. The molecule has 1 amide bonds. The Kier molecular flexibility index (Phi) is 3.23. The molecule has 0 aliphatic heterocycles. The summed E-state index contributed by atoms with van der Waals surface area (Å²) in [7, 11) is 0. The van der Waals surface area contributed by atoms with E-state index in [4.69, 9.17) is 0 Å². The van der Waals surface area contributed by atoms with Crippen molar-refractivity contribution in [2.45, 2.75) is 6.92 Å². The van der Waals surface area contributed by atoms with Gasteiger partial charge < -0.3 is 5.32 Å². The molecule has 3 rings (SSSR count). The van der Waals surface area contributed by atoms with Gasteiger partial charge in [-0.15, -0.1) is 0 Å². The lowest BCUT2D eigenvalue weighted by molar-refractivity contribution is 0.102. The number of aromatic amines is 1. The van der Waals surface area contributed by atoms with E-state index in [1.54, 1.807) is 24.4 Å². The zero-order valence-corrected chi connectivity index (χ0v) is 12.2. The minimum absolute atomic E-state index is 0.198. The molecule has 2 heterocycles. The van der Waals surface area contributed by atoms with Gasteiger partial charge in [0.25, 0.3) is 5.91 Å². The Bertz CT molecular complexity index is 797. The fourth-order valence-corrected chi connectivity index (χ4v) is 2.10. The predicted molar refractivity (Wildman–Crippen MR) is 80.7 cm³/mol. The van der Waals surface area contributed by atoms with Gasteiger partial charge in [0.2, 0.25) is 0 Å². The summed E-state index contributed by atoms with van der Waals surface area (Å²) in [6, 6.07) is 9.00. The Morgan fingerprint density at radius 1 is 1.30 bits per heavy atom. The molecule has 6 heteroatoms. The lowest BCUT2D eigenvalue weighted by Crippen LogP contribution is -2.13. The molecule has 0 atom stereocenters. The first-order valence-electron chi connectivity index (χ1n) is 6.01. The van der Waals surface area contributed by atoms with E-state index in [0.717, 1.165) is 21.1 Å². The van der Waals surface area contributed by atoms with E-state index in [1.165, 1.54) is 0 Å². The van der Waals surface area contributed by atoms with E-state index >= 15 is 0 Å². The topological polar surface area (TPSA) is 70.7 Å². The summed E-state index contributed by atoms with van der Waals surface area (Å²) in [6.45, 7) is 1.87. The van der Waals surface area contributed by atoms with Crippen molar-refractivity contribution >= 4 is 38.6 Å². The Morgan fingerprint density at radius 2 is 2.15 bits per heavy atom. The number of fused-ring (bicyclic) bond motifs is 1. The number of carbonyl (C=O) groups is 1. The third-order valence-corrected chi connectivity index (χ3v) is 3.81. The smallest absolute Gasteiger partial charge is 0.256 e. The number of benzene rings is 1. The number of amides is 1. The molecule has 2 N–H and O–H groups in total. The van der Waals surface area contributed by atoms with Crippen LogP contribution in [0, 0.1) is 6.92 Å². The Labute approximate surface area is 123 Å². The number of nitrogens with zero attached hydrogens (tertiary/aromatic N) is 2. The number of aryl methyl sites for hydroxylation is 1. The van der Waals surface area contributed by atoms with Crippen LogP contribution in [0.1, 0.15) is 16.1 Å². The summed E-state index contributed by atoms with van der Waals surface area (Å²) in [5.41, 5.74) is 2.22. The second-order valence-corrected chi connectivity index (χ2v) is 5.24. The van der Waals surface area contributed by atoms with Gasteiger partial charge in [-0.25, -0.2) is 4.98 Å². The van der Waals surface area contributed by atoms with E-state index < -0.39 is 0 Å². The summed E-state index contributed by atoms with van der Waals surface area (Å²) >= 11 is 3.38. The number of hydrogen-bond donors (Lipinski definition) is 2. The van der Waals surface area contributed by atoms with Crippen LogP contribution in [0.5, 0.6) is 0 Å². The van der Waals surface area contributed by atoms with Gasteiger partial charge in [0.1, 0.15) is 5.82 Å². The number of H-pyrrole nitrogens is 1. The molecular weight excluding hydrogens is 320 g/mol. The molecule has 0 bridgehead atoms. The van der Waals surface area contributed by atoms with Gasteiger partial charge in [-0.3, -0.25) is 9.89 Å². The molecule has 0 saturated heterocycles. The fraction of sp³-hybridized carbons (Fsp3) is 0.0714. The summed E-state index contributed by atoms with van der Waals surface area (Å²) in [6.07, 6.45) is 1.72. The first-order chi connectivity index (χ1) is 9.63. The normalized spacial score (nSPS) is 10.7. The van der Waals surface area contributed by atoms with Crippen LogP contribution in [-0.4, -0.2) is 21.1 Å². The van der Waals surface area contributed by atoms with E-state index in [2.05, 4.69) is 36.4 Å². The number of aromatic nitrogens is 3. The second kappa shape index (κ2) is 5.05. The monoisotopic (exact) mass is 330 g/mol. The zero-order valence-electron chi connectivity index (χ0n) is 10.6. The highest BCUT2D eigenvalue weighted by Crippen LogP contribution is 2.18. The number of nitrogens with one attached hydrogen (secondary N) is 2. The highest BCUT2D eigenvalue weighted by Gasteiger charge is 2.09. The average molecular weight is 331 g/mol. The van der Waals surface area contributed by atoms with Crippen molar-refractivity contribution in [1.29, 1.82) is 0 Å². The van der Waals surface area contributed by atoms with Gasteiger partial charge in [0.15, 0.2) is 0 Å². The van der Waals surface area contributed by atoms with E-state index in [0.29, 0.717) is 11.4 Å². The summed E-state index contributed by atoms with van der Waals surface area (Å²) < 4.78 is 0.911. The minimum Gasteiger partial charge on any atom is -0.307 e. The summed E-state index contributed by atoms with van der Waals surface area (Å²) in [5.74, 6) is 0.330. The SMILES string of the molecule is Cc1nc(NC(=O)c2ccc3cn[nH]c3c2)ccc1Br. The molecule has 1 aromatic carbocycles. The molecule has 100 valence electrons. The van der Waals surface area contributed by atoms with Gasteiger partial charge in [-0.05, 0) is 47.1 Å². The maximum atomic E-state index is 12.2. The maximum Gasteiger partial charge on any atom is 0.256 e. The average Bonchev–Trinajstić information content (AvgIpc) is 2.90. The van der Waals surface area contributed by atoms with Crippen LogP contribution in [0.15, 0.2) is 41.0 Å². The molecule has 0 unspecified atom stereocenters. The number of carbonyl (C=O) groups excluding carboxylic acids is 1. The third-order valence-electron chi connectivity index (χ3n) is 2.97. The summed E-state index contributed by atoms with van der Waals surface area (Å²) in [5, 5.41) is 10.5. The van der Waals surface area contributed by atoms with Crippen LogP contribution >= 0.6 is 15.9 Å². The molecule has 0 spiro atoms. The second-order valence-electron chi connectivity index (χ2n) is 4.39. The minimum atomic E-state index is -0.198. The first kappa shape index (κ1) is 12.8. The first-order valence-corrected chi connectivity index (χ1v) is 6.80. The van der Waals surface area contributed by atoms with E-state index in [-0.39, 0.29) is 5.91 Å². The fourth-order valence-electron chi connectivity index (χ4n) is 1.88. The van der Waals surface area contributed by atoms with Gasteiger partial charge >= 0.3 is 0 Å². The van der Waals surface area contributed by atoms with Crippen molar-refractivity contribution < 1.29 is 4.79 Å². The Morgan fingerprint density at radius 3 is 2.95 bits per heavy atom. The lowest BCUT2D eigenvalue weighted by Gasteiger charge is -2.06. The highest BCUT2D eigenvalue weighted by molar-refractivity contribution is 9.10. The molecule has 2 aromatic heterocycles. The van der Waals surface area contributed by atoms with Crippen LogP contribution in [0.3, 0.4) is 0 Å². The third kappa shape index (κ3) is 2.42. The quantitative estimate of drug-likeness (QED) is 0.757. The predicted octanol–water partition coefficient (Wildman–Crippen LogP) is 3.28. The molecule has 0 aliphatic carbocycles. The number of anilines is 1. The van der Waals surface area contributed by atoms with Crippen LogP contribution in [0.25, 0.3) is 10.9 Å². The number of rotatable bonds is 2. The van der Waals surface area contributed by atoms with Crippen LogP contribution in [-0.2, 0) is 0 Å². The standard InChI is InChI=1S/C14H11BrN4O/c1-8-11(15)4-5-13(17-8)18-14(20)9-2-3-10-7-16-19-12(10)6-9/h2-7H,1H3,(H,16,19)(H,17,18,20). The Hall–Kier alpha value is -2.21. The highest BCUT2D eigenvalue weighted by atomic mass is 79.9. The Balaban J connectivity index is 1.86. The van der Waals surface area contributed by atoms with Gasteiger partial charge in [0.05, 0.1) is 17.4 Å². The number of hydrogen-bond acceptors (Lipinski definition) is 3. The van der Waals surface area contributed by atoms with Gasteiger partial charge in [-0.1, -0.05) is 6.07 Å². The largest absolute Gasteiger partial charge is 0.307 e. The molecular formula is C14H11BrN4O. The lowest BCUT2D eigenvalue weighted by atomic mass is 10.1. The molecule has 3 aromatic rings. The van der Waals surface area contributed by atoms with Crippen LogP contribution < -0.4 is 5.32 Å². The van der Waals surface area contributed by atoms with Crippen molar-refractivity contribution in [1.82, 2.24) is 15.2 Å². The van der Waals surface area contributed by atoms with Gasteiger partial charge in [0, 0.05) is 15.4 Å². The van der Waals surface area contributed by atoms with Gasteiger partial charge in [-0.2, -0.15) is 5.10 Å². The van der Waals surface area contributed by atoms with Crippen LogP contribution in [0.2, 0.25) is 0 Å². The van der Waals surface area contributed by atoms with Crippen molar-refractivity contribution in [3.8, 4) is 0 Å². The zero-order chi connectivity index (χ0) is 14.1. The van der Waals surface area contributed by atoms with Crippen molar-refractivity contribution in [2.75, 3.05) is 5.32 Å². The molecule has 0 radical (unpaired) electrons. The van der Waals surface area contributed by atoms with Crippen LogP contribution in [0.4, 0.5) is 5.82 Å². The maximum absolute atomic E-state index is 12.2. The number of halogens is 1. The van der Waals surface area contributed by atoms with Crippen molar-refractivity contribution in [3.63, 3.8) is 0 Å². The molecule has 5 nitrogen and oxygen atoms in total. The van der Waals surface area contributed by atoms with Crippen molar-refractivity contribution in [3.05, 3.63) is 52.3 Å². The number of pyridine rings is 1. The molecule has 20 heavy (non-hydrogen) atoms. The molecule has 0 aliphatic rings. The molecule has 0 saturated carbocycles. The van der Waals surface area contributed by atoms with Crippen molar-refractivity contribution in [2.24, 2.45) is 0 Å². The van der Waals surface area contributed by atoms with E-state index in [9.17, 15) is 4.79 Å². The molecule has 0 fully saturated rings.